The Hall–Kier alpha value is -0.900. The Morgan fingerprint density at radius 1 is 1.30 bits per heavy atom. The highest BCUT2D eigenvalue weighted by Crippen LogP contribution is 2.17. The summed E-state index contributed by atoms with van der Waals surface area (Å²) in [6.07, 6.45) is 1.05. The van der Waals surface area contributed by atoms with E-state index in [-0.39, 0.29) is 12.1 Å². The van der Waals surface area contributed by atoms with E-state index in [0.717, 1.165) is 32.7 Å². The molecule has 1 saturated heterocycles. The molecule has 2 N–H and O–H groups in total. The van der Waals surface area contributed by atoms with Crippen LogP contribution in [0.25, 0.3) is 0 Å². The number of nitrogens with zero attached hydrogens (tertiary/aromatic N) is 1. The monoisotopic (exact) mass is 276 g/mol. The highest BCUT2D eigenvalue weighted by molar-refractivity contribution is 5.25. The molecule has 0 aliphatic carbocycles. The van der Waals surface area contributed by atoms with Crippen molar-refractivity contribution in [3.05, 3.63) is 35.4 Å². The standard InChI is InChI=1S/C17H28N2O/c1-4-19-9-10-20-17(12-19)16(18)11-14-5-7-15(8-6-14)13(2)3/h5-8,13,16-17H,4,9-12,18H2,1-3H3. The first-order valence-corrected chi connectivity index (χ1v) is 7.78. The smallest absolute Gasteiger partial charge is 0.0856 e. The maximum Gasteiger partial charge on any atom is 0.0856 e. The van der Waals surface area contributed by atoms with Crippen LogP contribution < -0.4 is 5.73 Å². The zero-order valence-electron chi connectivity index (χ0n) is 13.0. The highest BCUT2D eigenvalue weighted by Gasteiger charge is 2.25. The highest BCUT2D eigenvalue weighted by atomic mass is 16.5. The molecule has 0 amide bonds. The van der Waals surface area contributed by atoms with Crippen LogP contribution in [0.3, 0.4) is 0 Å². The van der Waals surface area contributed by atoms with E-state index in [4.69, 9.17) is 10.5 Å². The molecule has 1 aromatic rings. The number of benzene rings is 1. The maximum atomic E-state index is 6.34. The normalized spacial score (nSPS) is 22.1. The molecule has 2 unspecified atom stereocenters. The summed E-state index contributed by atoms with van der Waals surface area (Å²) in [5.41, 5.74) is 9.03. The molecule has 112 valence electrons. The fourth-order valence-corrected chi connectivity index (χ4v) is 2.72. The minimum Gasteiger partial charge on any atom is -0.374 e. The topological polar surface area (TPSA) is 38.5 Å². The van der Waals surface area contributed by atoms with E-state index in [1.165, 1.54) is 11.1 Å². The number of likely N-dealkylation sites (N-methyl/N-ethyl adjacent to an activating group) is 1. The van der Waals surface area contributed by atoms with Gasteiger partial charge < -0.3 is 10.5 Å². The summed E-state index contributed by atoms with van der Waals surface area (Å²) in [7, 11) is 0. The van der Waals surface area contributed by atoms with Crippen LogP contribution in [-0.4, -0.2) is 43.3 Å². The molecule has 1 aliphatic heterocycles. The molecule has 2 rings (SSSR count). The van der Waals surface area contributed by atoms with Gasteiger partial charge in [0, 0.05) is 19.1 Å². The Labute approximate surface area is 123 Å². The second-order valence-corrected chi connectivity index (χ2v) is 6.07. The van der Waals surface area contributed by atoms with Gasteiger partial charge in [0.2, 0.25) is 0 Å². The number of ether oxygens (including phenoxy) is 1. The van der Waals surface area contributed by atoms with E-state index < -0.39 is 0 Å². The molecule has 0 saturated carbocycles. The number of hydrogen-bond acceptors (Lipinski definition) is 3. The summed E-state index contributed by atoms with van der Waals surface area (Å²) in [4.78, 5) is 2.41. The molecule has 1 fully saturated rings. The summed E-state index contributed by atoms with van der Waals surface area (Å²) in [5.74, 6) is 0.581. The van der Waals surface area contributed by atoms with Gasteiger partial charge in [0.15, 0.2) is 0 Å². The molecule has 1 aliphatic rings. The van der Waals surface area contributed by atoms with E-state index in [9.17, 15) is 0 Å². The van der Waals surface area contributed by atoms with Gasteiger partial charge in [0.1, 0.15) is 0 Å². The Bertz CT molecular complexity index is 402. The van der Waals surface area contributed by atoms with Crippen molar-refractivity contribution in [2.24, 2.45) is 5.73 Å². The number of rotatable bonds is 5. The number of nitrogens with two attached hydrogens (primary N) is 1. The molecule has 0 spiro atoms. The Kier molecular flexibility index (Phi) is 5.58. The fourth-order valence-electron chi connectivity index (χ4n) is 2.72. The van der Waals surface area contributed by atoms with Crippen LogP contribution in [0.1, 0.15) is 37.8 Å². The molecule has 0 aromatic heterocycles. The summed E-state index contributed by atoms with van der Waals surface area (Å²) in [6.45, 7) is 10.5. The molecule has 3 heteroatoms. The van der Waals surface area contributed by atoms with Crippen LogP contribution in [-0.2, 0) is 11.2 Å². The fraction of sp³-hybridized carbons (Fsp3) is 0.647. The summed E-state index contributed by atoms with van der Waals surface area (Å²) in [5, 5.41) is 0. The van der Waals surface area contributed by atoms with Crippen molar-refractivity contribution in [3.63, 3.8) is 0 Å². The minimum absolute atomic E-state index is 0.0780. The Balaban J connectivity index is 1.91. The van der Waals surface area contributed by atoms with Crippen LogP contribution in [0.15, 0.2) is 24.3 Å². The van der Waals surface area contributed by atoms with E-state index in [0.29, 0.717) is 5.92 Å². The van der Waals surface area contributed by atoms with Gasteiger partial charge in [0.05, 0.1) is 12.7 Å². The van der Waals surface area contributed by atoms with Crippen LogP contribution in [0, 0.1) is 0 Å². The third-order valence-electron chi connectivity index (χ3n) is 4.22. The lowest BCUT2D eigenvalue weighted by molar-refractivity contribution is -0.0385. The quantitative estimate of drug-likeness (QED) is 0.897. The largest absolute Gasteiger partial charge is 0.374 e. The second-order valence-electron chi connectivity index (χ2n) is 6.07. The molecule has 1 aromatic carbocycles. The second kappa shape index (κ2) is 7.21. The third kappa shape index (κ3) is 4.05. The van der Waals surface area contributed by atoms with Gasteiger partial charge >= 0.3 is 0 Å². The van der Waals surface area contributed by atoms with Crippen molar-refractivity contribution in [1.82, 2.24) is 4.90 Å². The summed E-state index contributed by atoms with van der Waals surface area (Å²) in [6, 6.07) is 8.92. The summed E-state index contributed by atoms with van der Waals surface area (Å²) < 4.78 is 5.84. The van der Waals surface area contributed by atoms with Crippen molar-refractivity contribution in [2.45, 2.75) is 45.3 Å². The predicted molar refractivity (Wildman–Crippen MR) is 84.1 cm³/mol. The van der Waals surface area contributed by atoms with Gasteiger partial charge in [-0.3, -0.25) is 4.90 Å². The third-order valence-corrected chi connectivity index (χ3v) is 4.22. The average molecular weight is 276 g/mol. The van der Waals surface area contributed by atoms with Gasteiger partial charge in [-0.2, -0.15) is 0 Å². The lowest BCUT2D eigenvalue weighted by Crippen LogP contribution is -2.51. The maximum absolute atomic E-state index is 6.34. The Morgan fingerprint density at radius 3 is 2.60 bits per heavy atom. The number of morpholine rings is 1. The predicted octanol–water partition coefficient (Wildman–Crippen LogP) is 2.40. The zero-order chi connectivity index (χ0) is 14.5. The van der Waals surface area contributed by atoms with Gasteiger partial charge in [-0.1, -0.05) is 45.0 Å². The van der Waals surface area contributed by atoms with Crippen LogP contribution in [0.2, 0.25) is 0 Å². The molecule has 20 heavy (non-hydrogen) atoms. The first-order chi connectivity index (χ1) is 9.60. The van der Waals surface area contributed by atoms with E-state index in [2.05, 4.69) is 49.9 Å². The number of hydrogen-bond donors (Lipinski definition) is 1. The van der Waals surface area contributed by atoms with Gasteiger partial charge in [-0.15, -0.1) is 0 Å². The molecule has 0 bridgehead atoms. The molecule has 2 atom stereocenters. The van der Waals surface area contributed by atoms with E-state index >= 15 is 0 Å². The molecule has 1 heterocycles. The minimum atomic E-state index is 0.0780. The molecular weight excluding hydrogens is 248 g/mol. The van der Waals surface area contributed by atoms with Crippen molar-refractivity contribution in [3.8, 4) is 0 Å². The zero-order valence-corrected chi connectivity index (χ0v) is 13.0. The van der Waals surface area contributed by atoms with Crippen molar-refractivity contribution in [2.75, 3.05) is 26.2 Å². The average Bonchev–Trinajstić information content (AvgIpc) is 2.47. The van der Waals surface area contributed by atoms with Crippen LogP contribution in [0.5, 0.6) is 0 Å². The lowest BCUT2D eigenvalue weighted by atomic mass is 9.97. The summed E-state index contributed by atoms with van der Waals surface area (Å²) >= 11 is 0. The van der Waals surface area contributed by atoms with Crippen LogP contribution in [0.4, 0.5) is 0 Å². The van der Waals surface area contributed by atoms with Crippen LogP contribution >= 0.6 is 0 Å². The lowest BCUT2D eigenvalue weighted by Gasteiger charge is -2.35. The first-order valence-electron chi connectivity index (χ1n) is 7.78. The van der Waals surface area contributed by atoms with Crippen molar-refractivity contribution < 1.29 is 4.74 Å². The first kappa shape index (κ1) is 15.5. The van der Waals surface area contributed by atoms with E-state index in [1.807, 2.05) is 0 Å². The van der Waals surface area contributed by atoms with Crippen molar-refractivity contribution >= 4 is 0 Å². The van der Waals surface area contributed by atoms with Gasteiger partial charge in [0.25, 0.3) is 0 Å². The van der Waals surface area contributed by atoms with Crippen molar-refractivity contribution in [1.29, 1.82) is 0 Å². The SMILES string of the molecule is CCN1CCOC(C(N)Cc2ccc(C(C)C)cc2)C1. The van der Waals surface area contributed by atoms with Gasteiger partial charge in [-0.05, 0) is 30.0 Å². The van der Waals surface area contributed by atoms with E-state index in [1.54, 1.807) is 0 Å². The Morgan fingerprint density at radius 2 is 2.00 bits per heavy atom. The van der Waals surface area contributed by atoms with Gasteiger partial charge in [-0.25, -0.2) is 0 Å². The molecular formula is C17H28N2O. The molecule has 3 nitrogen and oxygen atoms in total. The molecule has 0 radical (unpaired) electrons.